The predicted molar refractivity (Wildman–Crippen MR) is 101 cm³/mol. The molecule has 0 bridgehead atoms. The number of nitro groups is 1. The van der Waals surface area contributed by atoms with Gasteiger partial charge < -0.3 is 0 Å². The number of nitrogens with one attached hydrogen (secondary N) is 1. The molecule has 0 saturated carbocycles. The van der Waals surface area contributed by atoms with Gasteiger partial charge in [0.1, 0.15) is 0 Å². The number of H-pyrrole nitrogens is 1. The molecule has 1 aromatic carbocycles. The third-order valence-electron chi connectivity index (χ3n) is 4.68. The molecule has 29 heavy (non-hydrogen) atoms. The van der Waals surface area contributed by atoms with Crippen LogP contribution >= 0.6 is 0 Å². The fraction of sp³-hybridized carbons (Fsp3) is 0.353. The average Bonchev–Trinajstić information content (AvgIpc) is 3.28. The van der Waals surface area contributed by atoms with Crippen LogP contribution in [0.2, 0.25) is 0 Å². The number of hydrogen-bond donors (Lipinski definition) is 4. The van der Waals surface area contributed by atoms with Crippen molar-refractivity contribution in [1.82, 2.24) is 20.2 Å². The quantitative estimate of drug-likeness (QED) is 0.201. The first-order chi connectivity index (χ1) is 14.0. The van der Waals surface area contributed by atoms with Gasteiger partial charge in [-0.05, 0) is 0 Å². The van der Waals surface area contributed by atoms with Gasteiger partial charge in [-0.15, -0.1) is 0 Å². The number of hydrogen-bond acceptors (Lipinski definition) is 9. The van der Waals surface area contributed by atoms with E-state index in [1.807, 2.05) is 0 Å². The zero-order chi connectivity index (χ0) is 20.5. The Morgan fingerprint density at radius 2 is 1.93 bits per heavy atom. The number of aromatic amines is 1. The van der Waals surface area contributed by atoms with Gasteiger partial charge in [0.15, 0.2) is 0 Å². The van der Waals surface area contributed by atoms with E-state index < -0.39 is 35.9 Å². The van der Waals surface area contributed by atoms with Crippen LogP contribution in [0.1, 0.15) is 17.4 Å². The van der Waals surface area contributed by atoms with Crippen molar-refractivity contribution in [2.75, 3.05) is 6.61 Å². The molecule has 1 saturated heterocycles. The average molecular weight is 466 g/mol. The molecule has 4 rings (SSSR count). The number of ether oxygens (including phenoxy) is 1. The second-order valence-corrected chi connectivity index (χ2v) is 8.51. The van der Waals surface area contributed by atoms with Gasteiger partial charge in [0.05, 0.1) is 0 Å². The van der Waals surface area contributed by atoms with Crippen molar-refractivity contribution in [3.05, 3.63) is 52.0 Å². The summed E-state index contributed by atoms with van der Waals surface area (Å²) in [7, 11) is 0. The maximum atomic E-state index is 10.8. The molecule has 0 spiro atoms. The molecule has 3 aromatic rings. The number of aliphatic hydroxyl groups is 3. The van der Waals surface area contributed by atoms with Crippen molar-refractivity contribution < 1.29 is 25.0 Å². The molecule has 1 aliphatic rings. The van der Waals surface area contributed by atoms with Gasteiger partial charge in [-0.2, -0.15) is 0 Å². The third kappa shape index (κ3) is 3.73. The number of nitrogens with zero attached hydrogens (tertiary/aromatic N) is 4. The number of nitro benzene ring substituents is 1. The summed E-state index contributed by atoms with van der Waals surface area (Å²) in [4.78, 5) is 18.9. The fourth-order valence-electron chi connectivity index (χ4n) is 3.14. The SMILES string of the molecule is O=[N+]([O-])c1ccc(C[Se]c2ncnc3c(C4OC(CO)C(O)C4O)[nH]nc23)cc1. The van der Waals surface area contributed by atoms with E-state index in [0.29, 0.717) is 22.0 Å². The van der Waals surface area contributed by atoms with Crippen LogP contribution < -0.4 is 4.59 Å². The van der Waals surface area contributed by atoms with Crippen molar-refractivity contribution in [3.8, 4) is 0 Å². The fourth-order valence-corrected chi connectivity index (χ4v) is 5.02. The van der Waals surface area contributed by atoms with Crippen LogP contribution in [0.5, 0.6) is 0 Å². The summed E-state index contributed by atoms with van der Waals surface area (Å²) in [5, 5.41) is 48.0. The molecular formula is C17H17N5O6Se. The normalized spacial score (nSPS) is 24.2. The molecule has 2 aromatic heterocycles. The number of non-ortho nitro benzene ring substituents is 1. The van der Waals surface area contributed by atoms with E-state index in [1.165, 1.54) is 18.5 Å². The first-order valence-corrected chi connectivity index (χ1v) is 10.7. The second kappa shape index (κ2) is 8.11. The Morgan fingerprint density at radius 3 is 2.59 bits per heavy atom. The van der Waals surface area contributed by atoms with Crippen LogP contribution in [0.4, 0.5) is 5.69 Å². The molecule has 152 valence electrons. The summed E-state index contributed by atoms with van der Waals surface area (Å²) < 4.78 is 6.29. The number of aromatic nitrogens is 4. The van der Waals surface area contributed by atoms with Crippen LogP contribution in [-0.4, -0.2) is 80.3 Å². The van der Waals surface area contributed by atoms with Gasteiger partial charge in [-0.25, -0.2) is 0 Å². The number of aliphatic hydroxyl groups excluding tert-OH is 3. The summed E-state index contributed by atoms with van der Waals surface area (Å²) in [5.74, 6) is 0. The number of fused-ring (bicyclic) bond motifs is 1. The summed E-state index contributed by atoms with van der Waals surface area (Å²) in [5.41, 5.74) is 2.43. The zero-order valence-electron chi connectivity index (χ0n) is 14.9. The molecule has 4 atom stereocenters. The predicted octanol–water partition coefficient (Wildman–Crippen LogP) is -1.06. The van der Waals surface area contributed by atoms with Crippen LogP contribution in [0.25, 0.3) is 11.0 Å². The van der Waals surface area contributed by atoms with E-state index >= 15 is 0 Å². The molecule has 4 unspecified atom stereocenters. The van der Waals surface area contributed by atoms with Gasteiger partial charge in [-0.1, -0.05) is 0 Å². The van der Waals surface area contributed by atoms with Crippen molar-refractivity contribution in [2.24, 2.45) is 0 Å². The van der Waals surface area contributed by atoms with E-state index in [2.05, 4.69) is 20.2 Å². The summed E-state index contributed by atoms with van der Waals surface area (Å²) in [6, 6.07) is 6.37. The molecule has 0 aliphatic carbocycles. The standard InChI is InChI=1S/C17H17N5O6Se/c23-5-10-14(24)15(25)16(28-10)12-11-13(21-20-12)17(19-7-18-11)29-6-8-1-3-9(4-2-8)22(26)27/h1-4,7,10,14-16,23-25H,5-6H2,(H,20,21). The topological polar surface area (TPSA) is 168 Å². The monoisotopic (exact) mass is 467 g/mol. The van der Waals surface area contributed by atoms with E-state index in [0.717, 1.165) is 10.2 Å². The van der Waals surface area contributed by atoms with Crippen molar-refractivity contribution >= 4 is 36.3 Å². The number of benzene rings is 1. The molecule has 0 amide bonds. The van der Waals surface area contributed by atoms with Crippen LogP contribution in [0, 0.1) is 10.1 Å². The van der Waals surface area contributed by atoms with Crippen molar-refractivity contribution in [1.29, 1.82) is 0 Å². The van der Waals surface area contributed by atoms with Crippen LogP contribution in [0.3, 0.4) is 0 Å². The summed E-state index contributed by atoms with van der Waals surface area (Å²) in [6.07, 6.45) is -2.82. The zero-order valence-corrected chi connectivity index (χ0v) is 16.6. The molecule has 1 fully saturated rings. The number of rotatable bonds is 6. The molecule has 3 heterocycles. The van der Waals surface area contributed by atoms with Crippen molar-refractivity contribution in [3.63, 3.8) is 0 Å². The van der Waals surface area contributed by atoms with Gasteiger partial charge in [0.2, 0.25) is 0 Å². The van der Waals surface area contributed by atoms with Gasteiger partial charge >= 0.3 is 170 Å². The molecule has 1 aliphatic heterocycles. The molecular weight excluding hydrogens is 449 g/mol. The Hall–Kier alpha value is -2.47. The summed E-state index contributed by atoms with van der Waals surface area (Å²) in [6.45, 7) is -0.417. The van der Waals surface area contributed by atoms with Gasteiger partial charge in [0, 0.05) is 0 Å². The van der Waals surface area contributed by atoms with E-state index in [4.69, 9.17) is 4.74 Å². The first kappa shape index (κ1) is 19.8. The first-order valence-electron chi connectivity index (χ1n) is 8.67. The minimum atomic E-state index is -1.22. The molecule has 12 heteroatoms. The van der Waals surface area contributed by atoms with E-state index in [-0.39, 0.29) is 20.6 Å². The van der Waals surface area contributed by atoms with E-state index in [1.54, 1.807) is 12.1 Å². The minimum absolute atomic E-state index is 0.0427. The third-order valence-corrected chi connectivity index (χ3v) is 6.88. The Morgan fingerprint density at radius 1 is 1.17 bits per heavy atom. The van der Waals surface area contributed by atoms with E-state index in [9.17, 15) is 25.4 Å². The van der Waals surface area contributed by atoms with Crippen molar-refractivity contribution in [2.45, 2.75) is 29.7 Å². The Labute approximate surface area is 170 Å². The second-order valence-electron chi connectivity index (χ2n) is 6.48. The van der Waals surface area contributed by atoms with Crippen LogP contribution in [-0.2, 0) is 10.1 Å². The van der Waals surface area contributed by atoms with Gasteiger partial charge in [-0.3, -0.25) is 0 Å². The maximum absolute atomic E-state index is 10.8. The molecule has 11 nitrogen and oxygen atoms in total. The Balaban J connectivity index is 1.55. The summed E-state index contributed by atoms with van der Waals surface area (Å²) >= 11 is -0.119. The molecule has 0 radical (unpaired) electrons. The molecule has 4 N–H and O–H groups in total. The Bertz CT molecular complexity index is 1030. The van der Waals surface area contributed by atoms with Gasteiger partial charge in [0.25, 0.3) is 0 Å². The Kier molecular flexibility index (Phi) is 5.54. The van der Waals surface area contributed by atoms with Crippen LogP contribution in [0.15, 0.2) is 30.6 Å².